The molecule has 7 nitrogen and oxygen atoms in total. The number of likely N-dealkylation sites (tertiary alicyclic amines) is 1. The van der Waals surface area contributed by atoms with Crippen LogP contribution >= 0.6 is 0 Å². The molecular weight excluding hydrogens is 356 g/mol. The van der Waals surface area contributed by atoms with E-state index in [-0.39, 0.29) is 11.8 Å². The van der Waals surface area contributed by atoms with E-state index in [2.05, 4.69) is 4.90 Å². The SMILES string of the molecule is NC(=O)c1cc2ccccc2nc1C1CCN(C(=O)CN2CCOCC2)CC1. The van der Waals surface area contributed by atoms with Crippen molar-refractivity contribution >= 4 is 22.7 Å². The van der Waals surface area contributed by atoms with Crippen molar-refractivity contribution in [3.63, 3.8) is 0 Å². The van der Waals surface area contributed by atoms with Gasteiger partial charge in [0.05, 0.1) is 36.5 Å². The van der Waals surface area contributed by atoms with Crippen molar-refractivity contribution in [1.29, 1.82) is 0 Å². The van der Waals surface area contributed by atoms with Crippen LogP contribution in [0.5, 0.6) is 0 Å². The number of hydrogen-bond donors (Lipinski definition) is 1. The first-order valence-electron chi connectivity index (χ1n) is 9.89. The summed E-state index contributed by atoms with van der Waals surface area (Å²) < 4.78 is 5.34. The fourth-order valence-electron chi connectivity index (χ4n) is 4.09. The molecule has 2 aliphatic rings. The first-order valence-corrected chi connectivity index (χ1v) is 9.89. The van der Waals surface area contributed by atoms with E-state index in [0.29, 0.717) is 38.4 Å². The minimum Gasteiger partial charge on any atom is -0.379 e. The number of aromatic nitrogens is 1. The summed E-state index contributed by atoms with van der Waals surface area (Å²) in [4.78, 5) is 33.4. The maximum atomic E-state index is 12.6. The van der Waals surface area contributed by atoms with Crippen molar-refractivity contribution in [2.45, 2.75) is 18.8 Å². The van der Waals surface area contributed by atoms with E-state index in [1.54, 1.807) is 0 Å². The average Bonchev–Trinajstić information content (AvgIpc) is 2.73. The number of para-hydroxylation sites is 1. The number of amides is 2. The van der Waals surface area contributed by atoms with Crippen LogP contribution in [0.1, 0.15) is 34.8 Å². The highest BCUT2D eigenvalue weighted by atomic mass is 16.5. The number of primary amides is 1. The lowest BCUT2D eigenvalue weighted by atomic mass is 9.89. The Morgan fingerprint density at radius 1 is 1.11 bits per heavy atom. The van der Waals surface area contributed by atoms with Gasteiger partial charge in [-0.25, -0.2) is 0 Å². The Kier molecular flexibility index (Phi) is 5.54. The zero-order valence-electron chi connectivity index (χ0n) is 16.0. The fraction of sp³-hybridized carbons (Fsp3) is 0.476. The first-order chi connectivity index (χ1) is 13.6. The Morgan fingerprint density at radius 2 is 1.82 bits per heavy atom. The number of fused-ring (bicyclic) bond motifs is 1. The Labute approximate surface area is 164 Å². The van der Waals surface area contributed by atoms with Gasteiger partial charge in [-0.2, -0.15) is 0 Å². The summed E-state index contributed by atoms with van der Waals surface area (Å²) in [7, 11) is 0. The molecule has 0 spiro atoms. The number of nitrogens with two attached hydrogens (primary N) is 1. The van der Waals surface area contributed by atoms with Crippen molar-refractivity contribution in [2.75, 3.05) is 45.9 Å². The highest BCUT2D eigenvalue weighted by Gasteiger charge is 2.28. The van der Waals surface area contributed by atoms with Gasteiger partial charge >= 0.3 is 0 Å². The molecule has 7 heteroatoms. The molecule has 0 atom stereocenters. The standard InChI is InChI=1S/C21H26N4O3/c22-21(27)17-13-16-3-1-2-4-18(16)23-20(17)15-5-7-25(8-6-15)19(26)14-24-9-11-28-12-10-24/h1-4,13,15H,5-12,14H2,(H2,22,27). The molecule has 2 saturated heterocycles. The van der Waals surface area contributed by atoms with Gasteiger partial charge in [-0.15, -0.1) is 0 Å². The molecule has 1 aromatic heterocycles. The van der Waals surface area contributed by atoms with E-state index in [1.165, 1.54) is 0 Å². The minimum absolute atomic E-state index is 0.138. The molecule has 0 aliphatic carbocycles. The quantitative estimate of drug-likeness (QED) is 0.863. The number of pyridine rings is 1. The van der Waals surface area contributed by atoms with Crippen LogP contribution in [0, 0.1) is 0 Å². The second kappa shape index (κ2) is 8.24. The van der Waals surface area contributed by atoms with Crippen molar-refractivity contribution in [3.8, 4) is 0 Å². The molecule has 2 N–H and O–H groups in total. The van der Waals surface area contributed by atoms with Gasteiger partial charge in [0.2, 0.25) is 5.91 Å². The summed E-state index contributed by atoms with van der Waals surface area (Å²) in [5.74, 6) is -0.138. The van der Waals surface area contributed by atoms with E-state index in [1.807, 2.05) is 35.2 Å². The Morgan fingerprint density at radius 3 is 2.54 bits per heavy atom. The molecule has 4 rings (SSSR count). The first kappa shape index (κ1) is 18.8. The monoisotopic (exact) mass is 382 g/mol. The summed E-state index contributed by atoms with van der Waals surface area (Å²) in [6.07, 6.45) is 1.58. The molecule has 0 bridgehead atoms. The molecule has 2 fully saturated rings. The molecule has 1 aromatic carbocycles. The maximum Gasteiger partial charge on any atom is 0.250 e. The Bertz CT molecular complexity index is 871. The highest BCUT2D eigenvalue weighted by Crippen LogP contribution is 2.31. The van der Waals surface area contributed by atoms with E-state index in [9.17, 15) is 9.59 Å². The van der Waals surface area contributed by atoms with Gasteiger partial charge in [0.15, 0.2) is 0 Å². The lowest BCUT2D eigenvalue weighted by molar-refractivity contribution is -0.134. The molecule has 2 aromatic rings. The number of benzene rings is 1. The molecule has 2 aliphatic heterocycles. The highest BCUT2D eigenvalue weighted by molar-refractivity contribution is 5.97. The van der Waals surface area contributed by atoms with Crippen LogP contribution in [0.25, 0.3) is 10.9 Å². The zero-order chi connectivity index (χ0) is 19.5. The normalized spacial score (nSPS) is 19.1. The number of piperidine rings is 1. The van der Waals surface area contributed by atoms with Crippen LogP contribution in [-0.4, -0.2) is 72.5 Å². The summed E-state index contributed by atoms with van der Waals surface area (Å²) in [5, 5.41) is 0.915. The third-order valence-corrected chi connectivity index (χ3v) is 5.72. The number of rotatable bonds is 4. The van der Waals surface area contributed by atoms with Crippen LogP contribution in [0.15, 0.2) is 30.3 Å². The number of hydrogen-bond acceptors (Lipinski definition) is 5. The number of nitrogens with zero attached hydrogens (tertiary/aromatic N) is 3. The van der Waals surface area contributed by atoms with Crippen molar-refractivity contribution in [2.24, 2.45) is 5.73 Å². The van der Waals surface area contributed by atoms with E-state index < -0.39 is 5.91 Å². The minimum atomic E-state index is -0.445. The lowest BCUT2D eigenvalue weighted by Gasteiger charge is -2.34. The second-order valence-corrected chi connectivity index (χ2v) is 7.52. The number of ether oxygens (including phenoxy) is 1. The predicted molar refractivity (Wildman–Crippen MR) is 106 cm³/mol. The predicted octanol–water partition coefficient (Wildman–Crippen LogP) is 1.37. The molecule has 0 saturated carbocycles. The van der Waals surface area contributed by atoms with Crippen LogP contribution in [-0.2, 0) is 9.53 Å². The van der Waals surface area contributed by atoms with Gasteiger partial charge in [-0.3, -0.25) is 19.5 Å². The van der Waals surface area contributed by atoms with Crippen LogP contribution < -0.4 is 5.73 Å². The van der Waals surface area contributed by atoms with E-state index >= 15 is 0 Å². The van der Waals surface area contributed by atoms with E-state index in [4.69, 9.17) is 15.5 Å². The van der Waals surface area contributed by atoms with Gasteiger partial charge in [0.25, 0.3) is 5.91 Å². The van der Waals surface area contributed by atoms with Gasteiger partial charge in [0, 0.05) is 37.5 Å². The smallest absolute Gasteiger partial charge is 0.250 e. The Hall–Kier alpha value is -2.51. The van der Waals surface area contributed by atoms with Crippen LogP contribution in [0.3, 0.4) is 0 Å². The number of carbonyl (C=O) groups is 2. The summed E-state index contributed by atoms with van der Waals surface area (Å²) in [5.41, 5.74) is 7.77. The van der Waals surface area contributed by atoms with Gasteiger partial charge in [0.1, 0.15) is 0 Å². The fourth-order valence-corrected chi connectivity index (χ4v) is 4.09. The molecule has 148 valence electrons. The molecular formula is C21H26N4O3. The molecule has 0 unspecified atom stereocenters. The Balaban J connectivity index is 1.45. The molecule has 0 radical (unpaired) electrons. The summed E-state index contributed by atoms with van der Waals surface area (Å²) >= 11 is 0. The van der Waals surface area contributed by atoms with Crippen molar-refractivity contribution in [1.82, 2.24) is 14.8 Å². The van der Waals surface area contributed by atoms with Gasteiger partial charge < -0.3 is 15.4 Å². The molecule has 28 heavy (non-hydrogen) atoms. The lowest BCUT2D eigenvalue weighted by Crippen LogP contribution is -2.47. The molecule has 3 heterocycles. The van der Waals surface area contributed by atoms with Gasteiger partial charge in [-0.1, -0.05) is 18.2 Å². The average molecular weight is 382 g/mol. The van der Waals surface area contributed by atoms with Crippen LogP contribution in [0.2, 0.25) is 0 Å². The molecule has 2 amide bonds. The zero-order valence-corrected chi connectivity index (χ0v) is 16.0. The largest absolute Gasteiger partial charge is 0.379 e. The third kappa shape index (κ3) is 4.00. The third-order valence-electron chi connectivity index (χ3n) is 5.72. The maximum absolute atomic E-state index is 12.6. The summed E-state index contributed by atoms with van der Waals surface area (Å²) in [6, 6.07) is 9.59. The summed E-state index contributed by atoms with van der Waals surface area (Å²) in [6.45, 7) is 4.82. The topological polar surface area (TPSA) is 88.8 Å². The number of carbonyl (C=O) groups excluding carboxylic acids is 2. The van der Waals surface area contributed by atoms with E-state index in [0.717, 1.165) is 42.5 Å². The number of morpholine rings is 1. The van der Waals surface area contributed by atoms with Crippen molar-refractivity contribution in [3.05, 3.63) is 41.6 Å². The van der Waals surface area contributed by atoms with Gasteiger partial charge in [-0.05, 0) is 25.0 Å². The van der Waals surface area contributed by atoms with Crippen molar-refractivity contribution < 1.29 is 14.3 Å². The van der Waals surface area contributed by atoms with Crippen LogP contribution in [0.4, 0.5) is 0 Å². The second-order valence-electron chi connectivity index (χ2n) is 7.52.